The van der Waals surface area contributed by atoms with Crippen molar-refractivity contribution in [3.05, 3.63) is 47.7 Å². The van der Waals surface area contributed by atoms with Gasteiger partial charge in [-0.3, -0.25) is 13.7 Å². The van der Waals surface area contributed by atoms with Crippen LogP contribution in [0.4, 0.5) is 39.4 Å². The predicted octanol–water partition coefficient (Wildman–Crippen LogP) is -6.50. The molecule has 0 aliphatic heterocycles. The van der Waals surface area contributed by atoms with Gasteiger partial charge in [0.05, 0.1) is 30.4 Å². The molecule has 21 nitrogen and oxygen atoms in total. The Kier molecular flexibility index (Phi) is 18.9. The molecule has 0 aliphatic rings. The number of benzene rings is 3. The molecule has 28 heteroatoms. The number of rotatable bonds is 14. The fraction of sp³-hybridized carbons (Fsp3) is 0.167. The minimum atomic E-state index is -5.18. The smallest absolute Gasteiger partial charge is 0.394 e. The van der Waals surface area contributed by atoms with Crippen LogP contribution in [0.15, 0.2) is 67.4 Å². The Hall–Kier alpha value is -1.66. The van der Waals surface area contributed by atoms with Gasteiger partial charge in [-0.15, -0.1) is 10.2 Å². The molecule has 4 aromatic rings. The number of urea groups is 1. The van der Waals surface area contributed by atoms with Crippen molar-refractivity contribution in [1.29, 1.82) is 0 Å². The van der Waals surface area contributed by atoms with E-state index < -0.39 is 67.5 Å². The Bertz CT molecular complexity index is 2310. The number of carbonyl (C=O) groups is 1. The van der Waals surface area contributed by atoms with Crippen LogP contribution in [0.5, 0.6) is 0 Å². The summed E-state index contributed by atoms with van der Waals surface area (Å²) in [6, 6.07) is 5.44. The summed E-state index contributed by atoms with van der Waals surface area (Å²) in [6.07, 6.45) is 0. The van der Waals surface area contributed by atoms with E-state index in [9.17, 15) is 43.7 Å². The first-order valence-electron chi connectivity index (χ1n) is 13.1. The molecule has 0 fully saturated rings. The van der Waals surface area contributed by atoms with Crippen molar-refractivity contribution in [2.45, 2.75) is 14.7 Å². The van der Waals surface area contributed by atoms with Crippen molar-refractivity contribution in [3.63, 3.8) is 0 Å². The van der Waals surface area contributed by atoms with Gasteiger partial charge < -0.3 is 31.5 Å². The quantitative estimate of drug-likeness (QED) is 0.0253. The van der Waals surface area contributed by atoms with Gasteiger partial charge in [-0.2, -0.15) is 40.2 Å². The third-order valence-corrected chi connectivity index (χ3v) is 8.75. The molecule has 0 aliphatic carbocycles. The maximum Gasteiger partial charge on any atom is 1.00 e. The van der Waals surface area contributed by atoms with Crippen LogP contribution in [0, 0.1) is 0 Å². The summed E-state index contributed by atoms with van der Waals surface area (Å²) >= 11 is 5.99. The molecule has 2 amide bonds. The summed E-state index contributed by atoms with van der Waals surface area (Å²) in [4.78, 5) is 20.8. The van der Waals surface area contributed by atoms with Gasteiger partial charge in [0.2, 0.25) is 17.2 Å². The molecule has 9 N–H and O–H groups in total. The minimum Gasteiger partial charge on any atom is -0.394 e. The average Bonchev–Trinajstić information content (AvgIpc) is 2.97. The Morgan fingerprint density at radius 1 is 0.808 bits per heavy atom. The third kappa shape index (κ3) is 13.6. The van der Waals surface area contributed by atoms with E-state index in [1.807, 2.05) is 0 Å². The van der Waals surface area contributed by atoms with Crippen LogP contribution < -0.4 is 110 Å². The van der Waals surface area contributed by atoms with E-state index >= 15 is 0 Å². The normalized spacial score (nSPS) is 11.6. The topological polar surface area (TPSA) is 335 Å². The molecule has 0 bridgehead atoms. The number of ether oxygens (including phenoxy) is 1. The maximum absolute atomic E-state index is 12.2. The molecule has 0 spiro atoms. The Labute approximate surface area is 367 Å². The number of nitrogens with two attached hydrogens (primary N) is 1. The molecule has 0 unspecified atom stereocenters. The van der Waals surface area contributed by atoms with Crippen LogP contribution in [0.2, 0.25) is 5.28 Å². The van der Waals surface area contributed by atoms with Crippen LogP contribution in [0.3, 0.4) is 0 Å². The number of aliphatic hydroxyl groups excluding tert-OH is 1. The number of azo groups is 1. The van der Waals surface area contributed by atoms with Gasteiger partial charge in [-0.25, -0.2) is 4.79 Å². The molecular formula is C24H24ClN9Na3O12S3+3. The fourth-order valence-electron chi connectivity index (χ4n) is 4.02. The third-order valence-electron chi connectivity index (χ3n) is 5.97. The van der Waals surface area contributed by atoms with E-state index in [2.05, 4.69) is 41.1 Å². The van der Waals surface area contributed by atoms with Crippen LogP contribution in [0.25, 0.3) is 10.8 Å². The number of amides is 2. The number of hydrogen-bond donors (Lipinski definition) is 8. The molecule has 52 heavy (non-hydrogen) atoms. The van der Waals surface area contributed by atoms with Crippen molar-refractivity contribution in [2.75, 3.05) is 42.3 Å². The van der Waals surface area contributed by atoms with Crippen molar-refractivity contribution in [1.82, 2.24) is 15.0 Å². The van der Waals surface area contributed by atoms with Crippen molar-refractivity contribution >= 4 is 93.4 Å². The SMILES string of the molecule is NC(=O)Nc1cc(Nc2nc(Cl)nc(NCCOCCO)n2)ccc1N=Nc1cc2c(S(=O)(=O)O)cc(S(=O)(=O)O)cc2cc1S(=O)(=O)O.[Na+].[Na+].[Na+]. The first-order chi connectivity index (χ1) is 22.8. The molecular weight excluding hydrogens is 807 g/mol. The van der Waals surface area contributed by atoms with Gasteiger partial charge in [0.1, 0.15) is 21.2 Å². The van der Waals surface area contributed by atoms with Crippen LogP contribution >= 0.6 is 11.6 Å². The maximum atomic E-state index is 12.2. The number of carbonyl (C=O) groups excluding carboxylic acids is 1. The van der Waals surface area contributed by atoms with Gasteiger partial charge in [0.25, 0.3) is 30.4 Å². The average molecular weight is 831 g/mol. The minimum absolute atomic E-state index is 0. The summed E-state index contributed by atoms with van der Waals surface area (Å²) < 4.78 is 106. The Balaban J connectivity index is 0.00000451. The zero-order valence-electron chi connectivity index (χ0n) is 27.3. The van der Waals surface area contributed by atoms with E-state index in [1.165, 1.54) is 18.2 Å². The van der Waals surface area contributed by atoms with E-state index in [0.717, 1.165) is 6.07 Å². The second kappa shape index (κ2) is 20.3. The summed E-state index contributed by atoms with van der Waals surface area (Å²) in [6.45, 7) is 0.495. The number of nitrogens with one attached hydrogen (secondary N) is 3. The number of primary amides is 1. The number of halogens is 1. The summed E-state index contributed by atoms with van der Waals surface area (Å²) in [5, 5.41) is 23.3. The molecule has 262 valence electrons. The van der Waals surface area contributed by atoms with E-state index in [0.29, 0.717) is 18.2 Å². The van der Waals surface area contributed by atoms with Crippen molar-refractivity contribution in [3.8, 4) is 0 Å². The Morgan fingerprint density at radius 3 is 2.04 bits per heavy atom. The number of hydrogen-bond acceptors (Lipinski definition) is 16. The van der Waals surface area contributed by atoms with Crippen molar-refractivity contribution < 1.29 is 142 Å². The first kappa shape index (κ1) is 48.4. The molecule has 0 saturated carbocycles. The molecule has 4 rings (SSSR count). The van der Waals surface area contributed by atoms with Crippen molar-refractivity contribution in [2.24, 2.45) is 16.0 Å². The molecule has 0 radical (unpaired) electrons. The van der Waals surface area contributed by atoms with Crippen LogP contribution in [0.1, 0.15) is 0 Å². The molecule has 3 aromatic carbocycles. The molecule has 1 aromatic heterocycles. The van der Waals surface area contributed by atoms with Gasteiger partial charge >= 0.3 is 94.7 Å². The number of anilines is 4. The number of aliphatic hydroxyl groups is 1. The van der Waals surface area contributed by atoms with Gasteiger partial charge in [-0.1, -0.05) is 0 Å². The van der Waals surface area contributed by atoms with E-state index in [-0.39, 0.29) is 149 Å². The second-order valence-corrected chi connectivity index (χ2v) is 14.0. The van der Waals surface area contributed by atoms with Gasteiger partial charge in [0.15, 0.2) is 0 Å². The Morgan fingerprint density at radius 2 is 1.44 bits per heavy atom. The molecule has 1 heterocycles. The van der Waals surface area contributed by atoms with E-state index in [4.69, 9.17) is 27.2 Å². The zero-order valence-corrected chi connectivity index (χ0v) is 36.5. The zero-order chi connectivity index (χ0) is 36.1. The number of aromatic nitrogens is 3. The van der Waals surface area contributed by atoms with Crippen LogP contribution in [-0.2, 0) is 35.1 Å². The van der Waals surface area contributed by atoms with Gasteiger partial charge in [-0.05, 0) is 59.5 Å². The first-order valence-corrected chi connectivity index (χ1v) is 17.8. The fourth-order valence-corrected chi connectivity index (χ4v) is 6.17. The van der Waals surface area contributed by atoms with E-state index in [1.54, 1.807) is 0 Å². The standard InChI is InChI=1S/C24H24ClN9O12S3.3Na/c25-21-30-23(27-3-5-46-6-4-35)32-24(31-21)28-13-1-2-16(17(9-13)29-22(26)36)33-34-18-11-15-12(8-20(18)49(43,44)45)7-14(47(37,38)39)10-19(15)48(40,41)42;;;/h1-2,7-11,35H,3-6H2,(H3,26,29,36)(H,37,38,39)(H,40,41,42)(H,43,44,45)(H2,27,28,30,31,32);;;/q;3*+1. The van der Waals surface area contributed by atoms with Crippen LogP contribution in [-0.4, -0.2) is 91.4 Å². The summed E-state index contributed by atoms with van der Waals surface area (Å²) in [7, 11) is -15.4. The predicted molar refractivity (Wildman–Crippen MR) is 172 cm³/mol. The largest absolute Gasteiger partial charge is 1.00 e. The summed E-state index contributed by atoms with van der Waals surface area (Å²) in [5.41, 5.74) is 4.58. The number of nitrogens with zero attached hydrogens (tertiary/aromatic N) is 5. The molecule has 0 atom stereocenters. The molecule has 0 saturated heterocycles. The van der Waals surface area contributed by atoms with Gasteiger partial charge in [0, 0.05) is 17.6 Å². The summed E-state index contributed by atoms with van der Waals surface area (Å²) in [5.74, 6) is 0.0336. The second-order valence-electron chi connectivity index (χ2n) is 9.45. The number of fused-ring (bicyclic) bond motifs is 1. The monoisotopic (exact) mass is 830 g/mol.